The van der Waals surface area contributed by atoms with E-state index in [0.717, 1.165) is 31.5 Å². The van der Waals surface area contributed by atoms with Gasteiger partial charge in [-0.1, -0.05) is 0 Å². The highest BCUT2D eigenvalue weighted by Crippen LogP contribution is 2.19. The number of piperidine rings is 1. The van der Waals surface area contributed by atoms with Gasteiger partial charge in [0.25, 0.3) is 5.91 Å². The standard InChI is InChI=1S/C14H18N6O/c15-9-13-3-1-2-8-19(13)14(21)11-4-6-12(7-5-11)20-10-16-17-18-20/h4-7,10,13H,1-3,8-9,15H2/t13-/m1/s1. The van der Waals surface area contributed by atoms with Gasteiger partial charge in [0.05, 0.1) is 5.69 Å². The van der Waals surface area contributed by atoms with Gasteiger partial charge in [-0.25, -0.2) is 4.68 Å². The Kier molecular flexibility index (Phi) is 3.92. The van der Waals surface area contributed by atoms with Crippen LogP contribution in [0.2, 0.25) is 0 Å². The molecule has 1 aliphatic heterocycles. The number of hydrogen-bond acceptors (Lipinski definition) is 5. The molecule has 2 N–H and O–H groups in total. The molecule has 0 spiro atoms. The number of aromatic nitrogens is 4. The van der Waals surface area contributed by atoms with E-state index in [-0.39, 0.29) is 11.9 Å². The van der Waals surface area contributed by atoms with Crippen molar-refractivity contribution in [1.82, 2.24) is 25.1 Å². The third-order valence-electron chi connectivity index (χ3n) is 3.89. The lowest BCUT2D eigenvalue weighted by Crippen LogP contribution is -2.47. The first-order chi connectivity index (χ1) is 10.3. The predicted molar refractivity (Wildman–Crippen MR) is 76.9 cm³/mol. The predicted octanol–water partition coefficient (Wildman–Crippen LogP) is 0.616. The zero-order valence-corrected chi connectivity index (χ0v) is 11.7. The summed E-state index contributed by atoms with van der Waals surface area (Å²) in [5.74, 6) is 0.0495. The summed E-state index contributed by atoms with van der Waals surface area (Å²) in [6, 6.07) is 7.45. The zero-order chi connectivity index (χ0) is 14.7. The molecule has 1 saturated heterocycles. The Balaban J connectivity index is 1.78. The number of carbonyl (C=O) groups is 1. The van der Waals surface area contributed by atoms with E-state index in [0.29, 0.717) is 12.1 Å². The molecule has 1 atom stereocenters. The summed E-state index contributed by atoms with van der Waals surface area (Å²) in [6.07, 6.45) is 4.70. The van der Waals surface area contributed by atoms with E-state index in [1.165, 1.54) is 6.33 Å². The van der Waals surface area contributed by atoms with Gasteiger partial charge in [-0.2, -0.15) is 0 Å². The van der Waals surface area contributed by atoms with Crippen molar-refractivity contribution in [1.29, 1.82) is 0 Å². The van der Waals surface area contributed by atoms with Crippen LogP contribution in [0.15, 0.2) is 30.6 Å². The Morgan fingerprint density at radius 3 is 2.76 bits per heavy atom. The van der Waals surface area contributed by atoms with Crippen LogP contribution in [0.25, 0.3) is 5.69 Å². The Morgan fingerprint density at radius 2 is 2.10 bits per heavy atom. The van der Waals surface area contributed by atoms with E-state index < -0.39 is 0 Å². The molecule has 0 bridgehead atoms. The molecule has 0 unspecified atom stereocenters. The Labute approximate surface area is 122 Å². The smallest absolute Gasteiger partial charge is 0.254 e. The minimum absolute atomic E-state index is 0.0495. The summed E-state index contributed by atoms with van der Waals surface area (Å²) in [4.78, 5) is 14.5. The fourth-order valence-corrected chi connectivity index (χ4v) is 2.72. The first-order valence-corrected chi connectivity index (χ1v) is 7.14. The second-order valence-corrected chi connectivity index (χ2v) is 5.19. The van der Waals surface area contributed by atoms with Crippen LogP contribution in [0.1, 0.15) is 29.6 Å². The quantitative estimate of drug-likeness (QED) is 0.893. The molecule has 0 aliphatic carbocycles. The molecule has 0 radical (unpaired) electrons. The highest BCUT2D eigenvalue weighted by atomic mass is 16.2. The number of benzene rings is 1. The first kappa shape index (κ1) is 13.7. The molecule has 0 saturated carbocycles. The van der Waals surface area contributed by atoms with E-state index in [1.807, 2.05) is 29.2 Å². The van der Waals surface area contributed by atoms with Gasteiger partial charge >= 0.3 is 0 Å². The third-order valence-corrected chi connectivity index (χ3v) is 3.89. The van der Waals surface area contributed by atoms with E-state index in [9.17, 15) is 4.79 Å². The Bertz CT molecular complexity index is 594. The first-order valence-electron chi connectivity index (χ1n) is 7.14. The summed E-state index contributed by atoms with van der Waals surface area (Å²) in [5, 5.41) is 11.0. The second-order valence-electron chi connectivity index (χ2n) is 5.19. The summed E-state index contributed by atoms with van der Waals surface area (Å²) < 4.78 is 1.55. The van der Waals surface area contributed by atoms with Crippen molar-refractivity contribution in [3.05, 3.63) is 36.2 Å². The lowest BCUT2D eigenvalue weighted by molar-refractivity contribution is 0.0623. The molecule has 1 fully saturated rings. The largest absolute Gasteiger partial charge is 0.334 e. The van der Waals surface area contributed by atoms with Crippen molar-refractivity contribution in [3.8, 4) is 5.69 Å². The third kappa shape index (κ3) is 2.78. The molecule has 7 nitrogen and oxygen atoms in total. The van der Waals surface area contributed by atoms with Gasteiger partial charge in [0, 0.05) is 24.7 Å². The van der Waals surface area contributed by atoms with Crippen molar-refractivity contribution in [3.63, 3.8) is 0 Å². The van der Waals surface area contributed by atoms with Crippen LogP contribution >= 0.6 is 0 Å². The molecular formula is C14H18N6O. The molecule has 21 heavy (non-hydrogen) atoms. The lowest BCUT2D eigenvalue weighted by atomic mass is 10.0. The van der Waals surface area contributed by atoms with Gasteiger partial charge in [0.2, 0.25) is 0 Å². The van der Waals surface area contributed by atoms with Gasteiger partial charge in [-0.05, 0) is 54.0 Å². The fraction of sp³-hybridized carbons (Fsp3) is 0.429. The van der Waals surface area contributed by atoms with Crippen molar-refractivity contribution in [2.75, 3.05) is 13.1 Å². The molecule has 1 amide bonds. The van der Waals surface area contributed by atoms with Crippen molar-refractivity contribution < 1.29 is 4.79 Å². The molecule has 2 aromatic rings. The molecular weight excluding hydrogens is 268 g/mol. The van der Waals surface area contributed by atoms with Gasteiger partial charge in [0.1, 0.15) is 6.33 Å². The molecule has 7 heteroatoms. The summed E-state index contributed by atoms with van der Waals surface area (Å²) in [7, 11) is 0. The summed E-state index contributed by atoms with van der Waals surface area (Å²) in [6.45, 7) is 1.31. The molecule has 1 aromatic carbocycles. The number of hydrogen-bond donors (Lipinski definition) is 1. The van der Waals surface area contributed by atoms with E-state index in [2.05, 4.69) is 15.5 Å². The number of amides is 1. The number of nitrogens with zero attached hydrogens (tertiary/aromatic N) is 5. The maximum absolute atomic E-state index is 12.6. The van der Waals surface area contributed by atoms with E-state index in [4.69, 9.17) is 5.73 Å². The molecule has 3 rings (SSSR count). The van der Waals surface area contributed by atoms with Crippen LogP contribution in [0.4, 0.5) is 0 Å². The van der Waals surface area contributed by atoms with E-state index in [1.54, 1.807) is 4.68 Å². The molecule has 1 aromatic heterocycles. The average Bonchev–Trinajstić information content (AvgIpc) is 3.09. The topological polar surface area (TPSA) is 89.9 Å². The average molecular weight is 286 g/mol. The fourth-order valence-electron chi connectivity index (χ4n) is 2.72. The van der Waals surface area contributed by atoms with Gasteiger partial charge in [-0.15, -0.1) is 5.10 Å². The highest BCUT2D eigenvalue weighted by molar-refractivity contribution is 5.94. The minimum atomic E-state index is 0.0495. The second kappa shape index (κ2) is 6.01. The van der Waals surface area contributed by atoms with Crippen LogP contribution in [0, 0.1) is 0 Å². The number of likely N-dealkylation sites (tertiary alicyclic amines) is 1. The summed E-state index contributed by atoms with van der Waals surface area (Å²) in [5.41, 5.74) is 7.28. The highest BCUT2D eigenvalue weighted by Gasteiger charge is 2.26. The Morgan fingerprint density at radius 1 is 1.29 bits per heavy atom. The van der Waals surface area contributed by atoms with E-state index >= 15 is 0 Å². The van der Waals surface area contributed by atoms with Gasteiger partial charge < -0.3 is 10.6 Å². The number of tetrazole rings is 1. The van der Waals surface area contributed by atoms with Gasteiger partial charge in [-0.3, -0.25) is 4.79 Å². The number of carbonyl (C=O) groups excluding carboxylic acids is 1. The van der Waals surface area contributed by atoms with Crippen molar-refractivity contribution >= 4 is 5.91 Å². The lowest BCUT2D eigenvalue weighted by Gasteiger charge is -2.35. The van der Waals surface area contributed by atoms with Crippen molar-refractivity contribution in [2.45, 2.75) is 25.3 Å². The molecule has 110 valence electrons. The van der Waals surface area contributed by atoms with Crippen molar-refractivity contribution in [2.24, 2.45) is 5.73 Å². The number of rotatable bonds is 3. The van der Waals surface area contributed by atoms with Gasteiger partial charge in [0.15, 0.2) is 0 Å². The van der Waals surface area contributed by atoms with Crippen LogP contribution in [0.3, 0.4) is 0 Å². The van der Waals surface area contributed by atoms with Crippen LogP contribution in [0.5, 0.6) is 0 Å². The summed E-state index contributed by atoms with van der Waals surface area (Å²) >= 11 is 0. The maximum atomic E-state index is 12.6. The SMILES string of the molecule is NC[C@H]1CCCCN1C(=O)c1ccc(-n2cnnn2)cc1. The molecule has 2 heterocycles. The van der Waals surface area contributed by atoms with Crippen LogP contribution in [-0.2, 0) is 0 Å². The zero-order valence-electron chi connectivity index (χ0n) is 11.7. The number of nitrogens with two attached hydrogens (primary N) is 1. The monoisotopic (exact) mass is 286 g/mol. The minimum Gasteiger partial charge on any atom is -0.334 e. The maximum Gasteiger partial charge on any atom is 0.254 e. The molecule has 1 aliphatic rings. The van der Waals surface area contributed by atoms with Crippen LogP contribution in [-0.4, -0.2) is 50.1 Å². The normalized spacial score (nSPS) is 18.7. The van der Waals surface area contributed by atoms with Crippen LogP contribution < -0.4 is 5.73 Å². The Hall–Kier alpha value is -2.28.